The Morgan fingerprint density at radius 2 is 2.19 bits per heavy atom. The predicted octanol–water partition coefficient (Wildman–Crippen LogP) is 1.40. The van der Waals surface area contributed by atoms with Crippen molar-refractivity contribution in [1.82, 2.24) is 5.32 Å². The zero-order valence-electron chi connectivity index (χ0n) is 9.65. The highest BCUT2D eigenvalue weighted by Gasteiger charge is 2.35. The van der Waals surface area contributed by atoms with Crippen LogP contribution in [0, 0.1) is 5.92 Å². The number of hydrogen-bond donors (Lipinski definition) is 2. The van der Waals surface area contributed by atoms with Gasteiger partial charge in [0.15, 0.2) is 0 Å². The average Bonchev–Trinajstić information content (AvgIpc) is 3.09. The van der Waals surface area contributed by atoms with Crippen LogP contribution in [0.3, 0.4) is 0 Å². The number of hydrogen-bond acceptors (Lipinski definition) is 3. The van der Waals surface area contributed by atoms with Crippen molar-refractivity contribution >= 4 is 5.97 Å². The molecular formula is C12H21NO3. The van der Waals surface area contributed by atoms with Crippen molar-refractivity contribution in [3.63, 3.8) is 0 Å². The van der Waals surface area contributed by atoms with Gasteiger partial charge in [0.2, 0.25) is 0 Å². The fraction of sp³-hybridized carbons (Fsp3) is 0.917. The molecule has 0 aromatic rings. The maximum Gasteiger partial charge on any atom is 0.320 e. The fourth-order valence-corrected chi connectivity index (χ4v) is 2.32. The van der Waals surface area contributed by atoms with Gasteiger partial charge in [-0.3, -0.25) is 4.79 Å². The second-order valence-corrected chi connectivity index (χ2v) is 4.88. The Kier molecular flexibility index (Phi) is 4.18. The molecule has 2 aliphatic rings. The summed E-state index contributed by atoms with van der Waals surface area (Å²) in [6, 6.07) is -0.330. The molecule has 2 fully saturated rings. The topological polar surface area (TPSA) is 58.6 Å². The monoisotopic (exact) mass is 227 g/mol. The lowest BCUT2D eigenvalue weighted by atomic mass is 10.1. The summed E-state index contributed by atoms with van der Waals surface area (Å²) in [4.78, 5) is 11.0. The van der Waals surface area contributed by atoms with Crippen molar-refractivity contribution in [2.75, 3.05) is 13.2 Å². The first-order valence-electron chi connectivity index (χ1n) is 6.35. The third-order valence-electron chi connectivity index (χ3n) is 3.46. The van der Waals surface area contributed by atoms with Crippen molar-refractivity contribution in [2.45, 2.75) is 50.7 Å². The van der Waals surface area contributed by atoms with Crippen LogP contribution in [-0.4, -0.2) is 36.4 Å². The molecule has 1 saturated heterocycles. The van der Waals surface area contributed by atoms with Crippen LogP contribution in [0.2, 0.25) is 0 Å². The normalized spacial score (nSPS) is 27.6. The number of carboxylic acid groups (broad SMARTS) is 1. The number of aliphatic carboxylic acids is 1. The van der Waals surface area contributed by atoms with Crippen molar-refractivity contribution in [3.8, 4) is 0 Å². The van der Waals surface area contributed by atoms with Crippen molar-refractivity contribution in [1.29, 1.82) is 0 Å². The van der Waals surface area contributed by atoms with E-state index in [2.05, 4.69) is 5.32 Å². The molecule has 2 N–H and O–H groups in total. The van der Waals surface area contributed by atoms with E-state index in [9.17, 15) is 4.79 Å². The number of rotatable bonds is 6. The fourth-order valence-electron chi connectivity index (χ4n) is 2.32. The zero-order valence-corrected chi connectivity index (χ0v) is 9.65. The smallest absolute Gasteiger partial charge is 0.320 e. The van der Waals surface area contributed by atoms with Crippen LogP contribution in [0.15, 0.2) is 0 Å². The van der Waals surface area contributed by atoms with Crippen LogP contribution >= 0.6 is 0 Å². The first-order valence-corrected chi connectivity index (χ1v) is 6.35. The number of nitrogens with one attached hydrogen (secondary N) is 1. The molecule has 2 rings (SSSR count). The molecular weight excluding hydrogens is 206 g/mol. The van der Waals surface area contributed by atoms with E-state index < -0.39 is 5.97 Å². The maximum atomic E-state index is 11.0. The summed E-state index contributed by atoms with van der Waals surface area (Å²) in [5, 5.41) is 12.2. The lowest BCUT2D eigenvalue weighted by molar-refractivity contribution is -0.140. The highest BCUT2D eigenvalue weighted by molar-refractivity contribution is 5.74. The Hall–Kier alpha value is -0.610. The second-order valence-electron chi connectivity index (χ2n) is 4.88. The molecule has 1 saturated carbocycles. The van der Waals surface area contributed by atoms with Gasteiger partial charge in [-0.25, -0.2) is 0 Å². The molecule has 0 aromatic heterocycles. The van der Waals surface area contributed by atoms with Crippen LogP contribution in [0.25, 0.3) is 0 Å². The van der Waals surface area contributed by atoms with Gasteiger partial charge in [0.25, 0.3) is 0 Å². The Morgan fingerprint density at radius 3 is 2.75 bits per heavy atom. The molecule has 0 bridgehead atoms. The largest absolute Gasteiger partial charge is 0.480 e. The number of carboxylic acids is 1. The Bertz CT molecular complexity index is 234. The first-order chi connectivity index (χ1) is 7.77. The molecule has 16 heavy (non-hydrogen) atoms. The van der Waals surface area contributed by atoms with Gasteiger partial charge in [0.05, 0.1) is 6.10 Å². The minimum atomic E-state index is -0.702. The van der Waals surface area contributed by atoms with Crippen LogP contribution in [0.1, 0.15) is 38.5 Å². The Labute approximate surface area is 96.4 Å². The maximum absolute atomic E-state index is 11.0. The average molecular weight is 227 g/mol. The molecule has 0 radical (unpaired) electrons. The van der Waals surface area contributed by atoms with Gasteiger partial charge < -0.3 is 15.2 Å². The standard InChI is InChI=1S/C12H21NO3/c14-12(15)11(9-4-5-9)13-7-6-10-3-1-2-8-16-10/h9-11,13H,1-8H2,(H,14,15). The van der Waals surface area contributed by atoms with E-state index in [-0.39, 0.29) is 6.04 Å². The molecule has 0 amide bonds. The molecule has 2 atom stereocenters. The van der Waals surface area contributed by atoms with E-state index >= 15 is 0 Å². The number of ether oxygens (including phenoxy) is 1. The second kappa shape index (κ2) is 5.64. The van der Waals surface area contributed by atoms with Crippen LogP contribution in [-0.2, 0) is 9.53 Å². The summed E-state index contributed by atoms with van der Waals surface area (Å²) in [6.07, 6.45) is 6.95. The minimum absolute atomic E-state index is 0.330. The van der Waals surface area contributed by atoms with Crippen molar-refractivity contribution in [3.05, 3.63) is 0 Å². The van der Waals surface area contributed by atoms with Crippen LogP contribution in [0.5, 0.6) is 0 Å². The molecule has 0 aromatic carbocycles. The summed E-state index contributed by atoms with van der Waals surface area (Å²) in [6.45, 7) is 1.63. The van der Waals surface area contributed by atoms with Crippen LogP contribution in [0.4, 0.5) is 0 Å². The SMILES string of the molecule is O=C(O)C(NCCC1CCCCO1)C1CC1. The van der Waals surface area contributed by atoms with Gasteiger partial charge in [-0.15, -0.1) is 0 Å². The van der Waals surface area contributed by atoms with Gasteiger partial charge in [-0.2, -0.15) is 0 Å². The quantitative estimate of drug-likeness (QED) is 0.720. The molecule has 1 aliphatic heterocycles. The molecule has 1 heterocycles. The highest BCUT2D eigenvalue weighted by Crippen LogP contribution is 2.32. The summed E-state index contributed by atoms with van der Waals surface area (Å²) in [5.41, 5.74) is 0. The van der Waals surface area contributed by atoms with E-state index in [1.807, 2.05) is 0 Å². The van der Waals surface area contributed by atoms with E-state index in [1.54, 1.807) is 0 Å². The van der Waals surface area contributed by atoms with Crippen LogP contribution < -0.4 is 5.32 Å². The predicted molar refractivity (Wildman–Crippen MR) is 60.4 cm³/mol. The lowest BCUT2D eigenvalue weighted by Crippen LogP contribution is -2.40. The Balaban J connectivity index is 1.63. The molecule has 1 aliphatic carbocycles. The first kappa shape index (κ1) is 11.9. The van der Waals surface area contributed by atoms with E-state index in [0.717, 1.165) is 38.8 Å². The van der Waals surface area contributed by atoms with Gasteiger partial charge in [-0.1, -0.05) is 0 Å². The third-order valence-corrected chi connectivity index (χ3v) is 3.46. The molecule has 4 nitrogen and oxygen atoms in total. The summed E-state index contributed by atoms with van der Waals surface area (Å²) < 4.78 is 5.61. The van der Waals surface area contributed by atoms with E-state index in [0.29, 0.717) is 12.0 Å². The zero-order chi connectivity index (χ0) is 11.4. The summed E-state index contributed by atoms with van der Waals surface area (Å²) in [5.74, 6) is -0.336. The van der Waals surface area contributed by atoms with Crippen molar-refractivity contribution in [2.24, 2.45) is 5.92 Å². The Morgan fingerprint density at radius 1 is 1.38 bits per heavy atom. The third kappa shape index (κ3) is 3.46. The molecule has 92 valence electrons. The van der Waals surface area contributed by atoms with E-state index in [4.69, 9.17) is 9.84 Å². The van der Waals surface area contributed by atoms with Gasteiger partial charge in [-0.05, 0) is 51.0 Å². The molecule has 2 unspecified atom stereocenters. The summed E-state index contributed by atoms with van der Waals surface area (Å²) >= 11 is 0. The molecule has 0 spiro atoms. The van der Waals surface area contributed by atoms with Gasteiger partial charge in [0.1, 0.15) is 6.04 Å². The molecule has 4 heteroatoms. The summed E-state index contributed by atoms with van der Waals surface area (Å²) in [7, 11) is 0. The highest BCUT2D eigenvalue weighted by atomic mass is 16.5. The minimum Gasteiger partial charge on any atom is -0.480 e. The van der Waals surface area contributed by atoms with Crippen molar-refractivity contribution < 1.29 is 14.6 Å². The van der Waals surface area contributed by atoms with E-state index in [1.165, 1.54) is 12.8 Å². The number of carbonyl (C=O) groups is 1. The van der Waals surface area contributed by atoms with Gasteiger partial charge in [0, 0.05) is 6.61 Å². The lowest BCUT2D eigenvalue weighted by Gasteiger charge is -2.23. The van der Waals surface area contributed by atoms with Gasteiger partial charge >= 0.3 is 5.97 Å².